The number of hydrogen-bond acceptors (Lipinski definition) is 3. The maximum Gasteiger partial charge on any atom is 0.0506 e. The fourth-order valence-electron chi connectivity index (χ4n) is 3.23. The number of rotatable bonds is 4. The van der Waals surface area contributed by atoms with E-state index >= 15 is 0 Å². The van der Waals surface area contributed by atoms with Crippen LogP contribution in [0.25, 0.3) is 0 Å². The lowest BCUT2D eigenvalue weighted by Gasteiger charge is -2.33. The summed E-state index contributed by atoms with van der Waals surface area (Å²) in [5, 5.41) is 0. The fourth-order valence-corrected chi connectivity index (χ4v) is 3.23. The lowest BCUT2D eigenvalue weighted by atomic mass is 9.97. The normalized spacial score (nSPS) is 29.8. The third-order valence-corrected chi connectivity index (χ3v) is 4.01. The molecule has 0 aromatic heterocycles. The van der Waals surface area contributed by atoms with E-state index in [0.29, 0.717) is 0 Å². The molecule has 1 aliphatic carbocycles. The van der Waals surface area contributed by atoms with Gasteiger partial charge < -0.3 is 15.4 Å². The van der Waals surface area contributed by atoms with Crippen molar-refractivity contribution in [3.05, 3.63) is 0 Å². The summed E-state index contributed by atoms with van der Waals surface area (Å²) in [6, 6.07) is 0. The van der Waals surface area contributed by atoms with E-state index < -0.39 is 0 Å². The van der Waals surface area contributed by atoms with Crippen molar-refractivity contribution >= 4 is 0 Å². The molecule has 94 valence electrons. The van der Waals surface area contributed by atoms with Crippen LogP contribution in [0.4, 0.5) is 0 Å². The van der Waals surface area contributed by atoms with E-state index in [1.807, 2.05) is 0 Å². The molecule has 3 heteroatoms. The van der Waals surface area contributed by atoms with Crippen LogP contribution in [0.2, 0.25) is 0 Å². The van der Waals surface area contributed by atoms with Gasteiger partial charge >= 0.3 is 0 Å². The zero-order valence-corrected chi connectivity index (χ0v) is 10.6. The molecule has 0 spiro atoms. The lowest BCUT2D eigenvalue weighted by Crippen LogP contribution is -2.48. The zero-order chi connectivity index (χ0) is 11.4. The first-order chi connectivity index (χ1) is 7.68. The molecule has 1 heterocycles. The van der Waals surface area contributed by atoms with Crippen molar-refractivity contribution < 1.29 is 4.74 Å². The highest BCUT2D eigenvalue weighted by Gasteiger charge is 2.31. The summed E-state index contributed by atoms with van der Waals surface area (Å²) in [4.78, 5) is 2.42. The third-order valence-electron chi connectivity index (χ3n) is 4.01. The molecule has 2 fully saturated rings. The molecule has 0 aromatic carbocycles. The first-order valence-corrected chi connectivity index (χ1v) is 6.73. The molecule has 1 aliphatic heterocycles. The van der Waals surface area contributed by atoms with Crippen LogP contribution in [-0.2, 0) is 4.74 Å². The van der Waals surface area contributed by atoms with Crippen molar-refractivity contribution in [3.63, 3.8) is 0 Å². The molecular weight excluding hydrogens is 200 g/mol. The summed E-state index contributed by atoms with van der Waals surface area (Å²) < 4.78 is 5.52. The van der Waals surface area contributed by atoms with E-state index in [-0.39, 0.29) is 5.54 Å². The van der Waals surface area contributed by atoms with E-state index in [9.17, 15) is 0 Å². The number of ether oxygens (including phenoxy) is 1. The molecule has 0 bridgehead atoms. The molecule has 2 aliphatic rings. The quantitative estimate of drug-likeness (QED) is 0.791. The molecule has 1 unspecified atom stereocenters. The molecule has 2 N–H and O–H groups in total. The van der Waals surface area contributed by atoms with Crippen LogP contribution < -0.4 is 5.73 Å². The van der Waals surface area contributed by atoms with E-state index in [1.165, 1.54) is 38.5 Å². The summed E-state index contributed by atoms with van der Waals surface area (Å²) in [6.07, 6.45) is 7.60. The topological polar surface area (TPSA) is 38.5 Å². The summed E-state index contributed by atoms with van der Waals surface area (Å²) in [6.45, 7) is 4.12. The number of likely N-dealkylation sites (N-methyl/N-ethyl adjacent to an activating group) is 1. The van der Waals surface area contributed by atoms with Crippen LogP contribution >= 0.6 is 0 Å². The van der Waals surface area contributed by atoms with Gasteiger partial charge in [-0.15, -0.1) is 0 Å². The van der Waals surface area contributed by atoms with Crippen molar-refractivity contribution in [2.75, 3.05) is 33.4 Å². The van der Waals surface area contributed by atoms with Gasteiger partial charge in [-0.3, -0.25) is 0 Å². The van der Waals surface area contributed by atoms with Crippen LogP contribution in [-0.4, -0.2) is 43.8 Å². The summed E-state index contributed by atoms with van der Waals surface area (Å²) in [7, 11) is 2.21. The molecule has 0 amide bonds. The zero-order valence-electron chi connectivity index (χ0n) is 10.6. The maximum atomic E-state index is 6.39. The molecule has 1 saturated heterocycles. The summed E-state index contributed by atoms with van der Waals surface area (Å²) in [5.74, 6) is 0.726. The summed E-state index contributed by atoms with van der Waals surface area (Å²) >= 11 is 0. The monoisotopic (exact) mass is 226 g/mol. The fraction of sp³-hybridized carbons (Fsp3) is 1.00. The van der Waals surface area contributed by atoms with Gasteiger partial charge in [-0.25, -0.2) is 0 Å². The highest BCUT2D eigenvalue weighted by molar-refractivity contribution is 4.91. The lowest BCUT2D eigenvalue weighted by molar-refractivity contribution is 0.0394. The first kappa shape index (κ1) is 12.3. The molecule has 0 aromatic rings. The van der Waals surface area contributed by atoms with Crippen LogP contribution in [0.1, 0.15) is 38.5 Å². The van der Waals surface area contributed by atoms with E-state index in [0.717, 1.165) is 32.2 Å². The van der Waals surface area contributed by atoms with Gasteiger partial charge in [0.2, 0.25) is 0 Å². The van der Waals surface area contributed by atoms with Crippen molar-refractivity contribution in [2.24, 2.45) is 11.7 Å². The Morgan fingerprint density at radius 3 is 2.69 bits per heavy atom. The Hall–Kier alpha value is -0.120. The smallest absolute Gasteiger partial charge is 0.0506 e. The van der Waals surface area contributed by atoms with Crippen LogP contribution in [0, 0.1) is 5.92 Å². The number of nitrogens with zero attached hydrogens (tertiary/aromatic N) is 1. The molecule has 0 radical (unpaired) electrons. The standard InChI is InChI=1S/C13H26N2O/c1-15(9-12-5-4-8-16-10-12)11-13(14)6-2-3-7-13/h12H,2-11,14H2,1H3. The van der Waals surface area contributed by atoms with Crippen molar-refractivity contribution in [3.8, 4) is 0 Å². The Balaban J connectivity index is 1.72. The molecule has 3 nitrogen and oxygen atoms in total. The SMILES string of the molecule is CN(CC1CCCOC1)CC1(N)CCCC1. The molecule has 2 rings (SSSR count). The highest BCUT2D eigenvalue weighted by Crippen LogP contribution is 2.28. The van der Waals surface area contributed by atoms with E-state index in [4.69, 9.17) is 10.5 Å². The Labute approximate surface area is 99.3 Å². The van der Waals surface area contributed by atoms with Crippen molar-refractivity contribution in [1.29, 1.82) is 0 Å². The van der Waals surface area contributed by atoms with Gasteiger partial charge in [0.05, 0.1) is 6.61 Å². The largest absolute Gasteiger partial charge is 0.381 e. The Morgan fingerprint density at radius 1 is 1.31 bits per heavy atom. The van der Waals surface area contributed by atoms with E-state index in [2.05, 4.69) is 11.9 Å². The van der Waals surface area contributed by atoms with Gasteiger partial charge in [0, 0.05) is 25.2 Å². The second-order valence-corrected chi connectivity index (χ2v) is 5.85. The predicted octanol–water partition coefficient (Wildman–Crippen LogP) is 1.62. The molecule has 1 atom stereocenters. The van der Waals surface area contributed by atoms with Crippen LogP contribution in [0.3, 0.4) is 0 Å². The minimum absolute atomic E-state index is 0.101. The second kappa shape index (κ2) is 5.48. The second-order valence-electron chi connectivity index (χ2n) is 5.85. The van der Waals surface area contributed by atoms with Crippen molar-refractivity contribution in [2.45, 2.75) is 44.1 Å². The van der Waals surface area contributed by atoms with E-state index in [1.54, 1.807) is 0 Å². The van der Waals surface area contributed by atoms with Crippen molar-refractivity contribution in [1.82, 2.24) is 4.90 Å². The Morgan fingerprint density at radius 2 is 2.06 bits per heavy atom. The molecule has 16 heavy (non-hydrogen) atoms. The van der Waals surface area contributed by atoms with Gasteiger partial charge in [0.15, 0.2) is 0 Å². The predicted molar refractivity (Wildman–Crippen MR) is 66.4 cm³/mol. The number of hydrogen-bond donors (Lipinski definition) is 1. The first-order valence-electron chi connectivity index (χ1n) is 6.73. The molecular formula is C13H26N2O. The summed E-state index contributed by atoms with van der Waals surface area (Å²) in [5.41, 5.74) is 6.49. The third kappa shape index (κ3) is 3.44. The Bertz CT molecular complexity index is 208. The average Bonchev–Trinajstić information content (AvgIpc) is 2.66. The van der Waals surface area contributed by atoms with Gasteiger partial charge in [0.25, 0.3) is 0 Å². The Kier molecular flexibility index (Phi) is 4.22. The number of nitrogens with two attached hydrogens (primary N) is 1. The van der Waals surface area contributed by atoms with Crippen LogP contribution in [0.5, 0.6) is 0 Å². The maximum absolute atomic E-state index is 6.39. The molecule has 1 saturated carbocycles. The van der Waals surface area contributed by atoms with Crippen LogP contribution in [0.15, 0.2) is 0 Å². The minimum Gasteiger partial charge on any atom is -0.381 e. The minimum atomic E-state index is 0.101. The van der Waals surface area contributed by atoms with Gasteiger partial charge in [-0.1, -0.05) is 12.8 Å². The van der Waals surface area contributed by atoms with Gasteiger partial charge in [-0.2, -0.15) is 0 Å². The van der Waals surface area contributed by atoms with Gasteiger partial charge in [0.1, 0.15) is 0 Å². The van der Waals surface area contributed by atoms with Gasteiger partial charge in [-0.05, 0) is 38.6 Å². The average molecular weight is 226 g/mol. The highest BCUT2D eigenvalue weighted by atomic mass is 16.5.